The number of nitrogens with zero attached hydrogens (tertiary/aromatic N) is 1. The van der Waals surface area contributed by atoms with E-state index < -0.39 is 0 Å². The first-order valence-electron chi connectivity index (χ1n) is 7.98. The molecule has 1 atom stereocenters. The number of nitrogens with one attached hydrogen (secondary N) is 1. The predicted octanol–water partition coefficient (Wildman–Crippen LogP) is 3.24. The first kappa shape index (κ1) is 16.0. The van der Waals surface area contributed by atoms with E-state index >= 15 is 0 Å². The molecule has 1 aromatic carbocycles. The number of carbonyl (C=O) groups is 1. The smallest absolute Gasteiger partial charge is 0.231 e. The Hall–Kier alpha value is -1.85. The summed E-state index contributed by atoms with van der Waals surface area (Å²) < 4.78 is 0. The minimum absolute atomic E-state index is 0.0262. The number of anilines is 2. The third-order valence-electron chi connectivity index (χ3n) is 4.38. The van der Waals surface area contributed by atoms with E-state index in [2.05, 4.69) is 16.8 Å². The highest BCUT2D eigenvalue weighted by Crippen LogP contribution is 2.35. The second kappa shape index (κ2) is 7.15. The van der Waals surface area contributed by atoms with Crippen molar-refractivity contribution in [1.29, 1.82) is 0 Å². The molecule has 1 amide bonds. The van der Waals surface area contributed by atoms with Crippen molar-refractivity contribution in [2.75, 3.05) is 30.4 Å². The van der Waals surface area contributed by atoms with Crippen molar-refractivity contribution in [2.45, 2.75) is 25.2 Å². The van der Waals surface area contributed by atoms with Crippen LogP contribution in [0.3, 0.4) is 0 Å². The summed E-state index contributed by atoms with van der Waals surface area (Å²) in [5, 5.41) is 14.1. The van der Waals surface area contributed by atoms with Crippen LogP contribution in [0.5, 0.6) is 0 Å². The number of amides is 1. The fourth-order valence-corrected chi connectivity index (χ4v) is 4.05. The third kappa shape index (κ3) is 3.57. The van der Waals surface area contributed by atoms with E-state index in [4.69, 9.17) is 5.11 Å². The molecule has 1 aliphatic carbocycles. The van der Waals surface area contributed by atoms with E-state index in [0.29, 0.717) is 6.54 Å². The van der Waals surface area contributed by atoms with Crippen LogP contribution >= 0.6 is 11.3 Å². The van der Waals surface area contributed by atoms with Crippen LogP contribution in [0, 0.1) is 0 Å². The molecule has 1 aromatic heterocycles. The van der Waals surface area contributed by atoms with Crippen LogP contribution < -0.4 is 10.2 Å². The van der Waals surface area contributed by atoms with Gasteiger partial charge in [-0.05, 0) is 60.5 Å². The van der Waals surface area contributed by atoms with Crippen molar-refractivity contribution in [2.24, 2.45) is 0 Å². The molecule has 0 saturated carbocycles. The lowest BCUT2D eigenvalue weighted by Crippen LogP contribution is -2.24. The number of aryl methyl sites for hydroxylation is 1. The molecule has 3 rings (SSSR count). The predicted molar refractivity (Wildman–Crippen MR) is 95.4 cm³/mol. The number of hydrogen-bond acceptors (Lipinski definition) is 4. The van der Waals surface area contributed by atoms with Crippen LogP contribution in [0.1, 0.15) is 29.2 Å². The summed E-state index contributed by atoms with van der Waals surface area (Å²) in [4.78, 5) is 15.9. The first-order valence-corrected chi connectivity index (χ1v) is 8.86. The van der Waals surface area contributed by atoms with Crippen LogP contribution in [0.25, 0.3) is 0 Å². The molecule has 5 heteroatoms. The molecule has 2 aromatic rings. The summed E-state index contributed by atoms with van der Waals surface area (Å²) >= 11 is 1.76. The molecule has 0 aliphatic heterocycles. The maximum absolute atomic E-state index is 12.6. The number of aliphatic hydroxyl groups is 1. The number of hydrogen-bond donors (Lipinski definition) is 2. The monoisotopic (exact) mass is 330 g/mol. The molecule has 0 fully saturated rings. The Balaban J connectivity index is 1.67. The topological polar surface area (TPSA) is 52.6 Å². The Morgan fingerprint density at radius 2 is 2.13 bits per heavy atom. The zero-order chi connectivity index (χ0) is 16.2. The highest BCUT2D eigenvalue weighted by atomic mass is 32.1. The lowest BCUT2D eigenvalue weighted by Gasteiger charge is -2.22. The Bertz CT molecular complexity index is 666. The summed E-state index contributed by atoms with van der Waals surface area (Å²) in [6.07, 6.45) is 3.10. The van der Waals surface area contributed by atoms with E-state index in [1.807, 2.05) is 36.2 Å². The van der Waals surface area contributed by atoms with Gasteiger partial charge in [-0.3, -0.25) is 4.79 Å². The van der Waals surface area contributed by atoms with Gasteiger partial charge in [0.2, 0.25) is 5.91 Å². The second-order valence-electron chi connectivity index (χ2n) is 5.93. The molecule has 0 spiro atoms. The SMILES string of the molecule is CN(CCO)c1ccc(NC(=O)C2CCCc3sccc32)cc1. The fraction of sp³-hybridized carbons (Fsp3) is 0.389. The average Bonchev–Trinajstić information content (AvgIpc) is 3.04. The number of rotatable bonds is 5. The van der Waals surface area contributed by atoms with E-state index in [1.54, 1.807) is 11.3 Å². The van der Waals surface area contributed by atoms with Gasteiger partial charge in [0.25, 0.3) is 0 Å². The van der Waals surface area contributed by atoms with E-state index in [-0.39, 0.29) is 18.4 Å². The number of aliphatic hydroxyl groups excluding tert-OH is 1. The van der Waals surface area contributed by atoms with Crippen molar-refractivity contribution in [1.82, 2.24) is 0 Å². The van der Waals surface area contributed by atoms with E-state index in [1.165, 1.54) is 10.4 Å². The molecule has 4 nitrogen and oxygen atoms in total. The van der Waals surface area contributed by atoms with Crippen LogP contribution in [0.15, 0.2) is 35.7 Å². The van der Waals surface area contributed by atoms with Gasteiger partial charge in [0.1, 0.15) is 0 Å². The molecule has 1 heterocycles. The number of fused-ring (bicyclic) bond motifs is 1. The van der Waals surface area contributed by atoms with Gasteiger partial charge in [0.15, 0.2) is 0 Å². The Kier molecular flexibility index (Phi) is 4.98. The fourth-order valence-electron chi connectivity index (χ4n) is 3.07. The largest absolute Gasteiger partial charge is 0.395 e. The maximum atomic E-state index is 12.6. The normalized spacial score (nSPS) is 16.7. The standard InChI is InChI=1S/C18H22N2O2S/c1-20(10-11-21)14-7-5-13(6-8-14)19-18(22)16-3-2-4-17-15(16)9-12-23-17/h5-9,12,16,21H,2-4,10-11H2,1H3,(H,19,22). The zero-order valence-corrected chi connectivity index (χ0v) is 14.1. The molecule has 122 valence electrons. The van der Waals surface area contributed by atoms with Gasteiger partial charge < -0.3 is 15.3 Å². The van der Waals surface area contributed by atoms with Crippen LogP contribution in [0.2, 0.25) is 0 Å². The summed E-state index contributed by atoms with van der Waals surface area (Å²) in [6.45, 7) is 0.717. The first-order chi connectivity index (χ1) is 11.2. The van der Waals surface area contributed by atoms with Crippen molar-refractivity contribution in [3.63, 3.8) is 0 Å². The highest BCUT2D eigenvalue weighted by Gasteiger charge is 2.27. The lowest BCUT2D eigenvalue weighted by atomic mass is 9.87. The molecule has 1 unspecified atom stereocenters. The molecular formula is C18H22N2O2S. The maximum Gasteiger partial charge on any atom is 0.231 e. The van der Waals surface area contributed by atoms with Gasteiger partial charge >= 0.3 is 0 Å². The Labute approximate surface area is 140 Å². The number of carbonyl (C=O) groups excluding carboxylic acids is 1. The zero-order valence-electron chi connectivity index (χ0n) is 13.3. The van der Waals surface area contributed by atoms with Crippen molar-refractivity contribution in [3.05, 3.63) is 46.2 Å². The van der Waals surface area contributed by atoms with Gasteiger partial charge in [0, 0.05) is 29.8 Å². The van der Waals surface area contributed by atoms with Gasteiger partial charge in [-0.15, -0.1) is 11.3 Å². The molecule has 23 heavy (non-hydrogen) atoms. The lowest BCUT2D eigenvalue weighted by molar-refractivity contribution is -0.117. The molecule has 0 bridgehead atoms. The van der Waals surface area contributed by atoms with Gasteiger partial charge in [-0.25, -0.2) is 0 Å². The Morgan fingerprint density at radius 3 is 2.87 bits per heavy atom. The summed E-state index contributed by atoms with van der Waals surface area (Å²) in [6, 6.07) is 9.84. The highest BCUT2D eigenvalue weighted by molar-refractivity contribution is 7.10. The quantitative estimate of drug-likeness (QED) is 0.885. The number of benzene rings is 1. The van der Waals surface area contributed by atoms with Crippen LogP contribution in [0.4, 0.5) is 11.4 Å². The van der Waals surface area contributed by atoms with Gasteiger partial charge in [0.05, 0.1) is 12.5 Å². The van der Waals surface area contributed by atoms with Gasteiger partial charge in [-0.2, -0.15) is 0 Å². The van der Waals surface area contributed by atoms with Gasteiger partial charge in [-0.1, -0.05) is 0 Å². The molecular weight excluding hydrogens is 308 g/mol. The average molecular weight is 330 g/mol. The summed E-state index contributed by atoms with van der Waals surface area (Å²) in [5.41, 5.74) is 3.05. The summed E-state index contributed by atoms with van der Waals surface area (Å²) in [7, 11) is 1.93. The summed E-state index contributed by atoms with van der Waals surface area (Å²) in [5.74, 6) is 0.0579. The molecule has 0 radical (unpaired) electrons. The van der Waals surface area contributed by atoms with Crippen molar-refractivity contribution in [3.8, 4) is 0 Å². The minimum atomic E-state index is -0.0262. The Morgan fingerprint density at radius 1 is 1.35 bits per heavy atom. The second-order valence-corrected chi connectivity index (χ2v) is 6.93. The molecule has 2 N–H and O–H groups in total. The van der Waals surface area contributed by atoms with Crippen LogP contribution in [-0.4, -0.2) is 31.2 Å². The molecule has 0 saturated heterocycles. The number of likely N-dealkylation sites (N-methyl/N-ethyl adjacent to an activating group) is 1. The molecule has 1 aliphatic rings. The van der Waals surface area contributed by atoms with Crippen molar-refractivity contribution >= 4 is 28.6 Å². The van der Waals surface area contributed by atoms with E-state index in [9.17, 15) is 4.79 Å². The third-order valence-corrected chi connectivity index (χ3v) is 5.38. The minimum Gasteiger partial charge on any atom is -0.395 e. The van der Waals surface area contributed by atoms with Crippen LogP contribution in [-0.2, 0) is 11.2 Å². The van der Waals surface area contributed by atoms with E-state index in [0.717, 1.165) is 30.6 Å². The number of thiophene rings is 1. The van der Waals surface area contributed by atoms with Crippen molar-refractivity contribution < 1.29 is 9.90 Å².